The molecule has 0 radical (unpaired) electrons. The van der Waals surface area contributed by atoms with Gasteiger partial charge in [-0.3, -0.25) is 0 Å². The van der Waals surface area contributed by atoms with Crippen LogP contribution < -0.4 is 11.1 Å². The molecule has 0 aliphatic carbocycles. The summed E-state index contributed by atoms with van der Waals surface area (Å²) < 4.78 is 0. The molecule has 4 N–H and O–H groups in total. The summed E-state index contributed by atoms with van der Waals surface area (Å²) in [5.74, 6) is -0.955. The van der Waals surface area contributed by atoms with Crippen molar-refractivity contribution in [2.45, 2.75) is 25.8 Å². The number of carboxylic acids is 1. The second-order valence-corrected chi connectivity index (χ2v) is 5.16. The molecule has 1 saturated heterocycles. The number of carbonyl (C=O) groups is 1. The molecule has 0 spiro atoms. The molecule has 5 heteroatoms. The molecular formula is C14H21N3O2. The Morgan fingerprint density at radius 1 is 1.47 bits per heavy atom. The van der Waals surface area contributed by atoms with Crippen molar-refractivity contribution in [2.75, 3.05) is 30.7 Å². The zero-order valence-corrected chi connectivity index (χ0v) is 11.2. The molecule has 0 bridgehead atoms. The zero-order valence-electron chi connectivity index (χ0n) is 11.2. The Bertz CT molecular complexity index is 456. The maximum absolute atomic E-state index is 11.2. The van der Waals surface area contributed by atoms with E-state index in [2.05, 4.69) is 17.1 Å². The largest absolute Gasteiger partial charge is 0.478 e. The van der Waals surface area contributed by atoms with Crippen molar-refractivity contribution in [3.05, 3.63) is 23.8 Å². The Balaban J connectivity index is 2.03. The van der Waals surface area contributed by atoms with E-state index < -0.39 is 5.97 Å². The number of benzene rings is 1. The molecule has 19 heavy (non-hydrogen) atoms. The molecule has 0 aromatic heterocycles. The summed E-state index contributed by atoms with van der Waals surface area (Å²) in [6.45, 7) is 5.28. The Hall–Kier alpha value is -1.75. The van der Waals surface area contributed by atoms with E-state index >= 15 is 0 Å². The minimum absolute atomic E-state index is 0.208. The first-order valence-corrected chi connectivity index (χ1v) is 6.68. The summed E-state index contributed by atoms with van der Waals surface area (Å²) in [4.78, 5) is 13.6. The van der Waals surface area contributed by atoms with Crippen LogP contribution in [0.1, 0.15) is 30.1 Å². The van der Waals surface area contributed by atoms with Crippen molar-refractivity contribution in [2.24, 2.45) is 0 Å². The molecule has 1 heterocycles. The normalized spacial score (nSPS) is 17.3. The van der Waals surface area contributed by atoms with Gasteiger partial charge in [0, 0.05) is 24.0 Å². The minimum Gasteiger partial charge on any atom is -0.478 e. The highest BCUT2D eigenvalue weighted by Gasteiger charge is 2.16. The summed E-state index contributed by atoms with van der Waals surface area (Å²) >= 11 is 0. The van der Waals surface area contributed by atoms with Crippen LogP contribution in [-0.2, 0) is 0 Å². The van der Waals surface area contributed by atoms with Gasteiger partial charge in [0.05, 0.1) is 5.56 Å². The van der Waals surface area contributed by atoms with Crippen molar-refractivity contribution < 1.29 is 9.90 Å². The lowest BCUT2D eigenvalue weighted by molar-refractivity contribution is 0.0698. The number of carboxylic acid groups (broad SMARTS) is 1. The maximum atomic E-state index is 11.2. The highest BCUT2D eigenvalue weighted by Crippen LogP contribution is 2.20. The Morgan fingerprint density at radius 2 is 2.16 bits per heavy atom. The second-order valence-electron chi connectivity index (χ2n) is 5.16. The Kier molecular flexibility index (Phi) is 4.27. The number of nitrogens with zero attached hydrogens (tertiary/aromatic N) is 1. The third kappa shape index (κ3) is 3.61. The van der Waals surface area contributed by atoms with Crippen LogP contribution in [0, 0.1) is 0 Å². The molecule has 1 unspecified atom stereocenters. The molecule has 1 atom stereocenters. The third-order valence-electron chi connectivity index (χ3n) is 3.41. The van der Waals surface area contributed by atoms with Gasteiger partial charge in [0.15, 0.2) is 0 Å². The molecule has 1 aliphatic heterocycles. The SMILES string of the molecule is CC(CN1CCCC1)Nc1ccc(N)cc1C(=O)O. The number of nitrogens with two attached hydrogens (primary N) is 1. The lowest BCUT2D eigenvalue weighted by Gasteiger charge is -2.22. The summed E-state index contributed by atoms with van der Waals surface area (Å²) in [5.41, 5.74) is 6.96. The summed E-state index contributed by atoms with van der Waals surface area (Å²) in [6.07, 6.45) is 2.52. The Morgan fingerprint density at radius 3 is 2.79 bits per heavy atom. The molecule has 1 aromatic rings. The fourth-order valence-electron chi connectivity index (χ4n) is 2.53. The van der Waals surface area contributed by atoms with Crippen molar-refractivity contribution in [1.82, 2.24) is 4.90 Å². The molecule has 0 amide bonds. The summed E-state index contributed by atoms with van der Waals surface area (Å²) in [5, 5.41) is 12.4. The molecule has 104 valence electrons. The number of aromatic carboxylic acids is 1. The van der Waals surface area contributed by atoms with Crippen LogP contribution in [-0.4, -0.2) is 41.7 Å². The predicted molar refractivity (Wildman–Crippen MR) is 76.6 cm³/mol. The zero-order chi connectivity index (χ0) is 13.8. The number of rotatable bonds is 5. The second kappa shape index (κ2) is 5.93. The standard InChI is InChI=1S/C14H21N3O2/c1-10(9-17-6-2-3-7-17)16-13-5-4-11(15)8-12(13)14(18)19/h4-5,8,10,16H,2-3,6-7,9,15H2,1H3,(H,18,19). The number of anilines is 2. The van der Waals surface area contributed by atoms with Gasteiger partial charge in [-0.2, -0.15) is 0 Å². The lowest BCUT2D eigenvalue weighted by Crippen LogP contribution is -2.33. The van der Waals surface area contributed by atoms with E-state index in [-0.39, 0.29) is 11.6 Å². The van der Waals surface area contributed by atoms with Gasteiger partial charge in [-0.25, -0.2) is 4.79 Å². The number of hydrogen-bond donors (Lipinski definition) is 3. The summed E-state index contributed by atoms with van der Waals surface area (Å²) in [6, 6.07) is 5.16. The van der Waals surface area contributed by atoms with Gasteiger partial charge in [-0.05, 0) is 51.1 Å². The van der Waals surface area contributed by atoms with Crippen LogP contribution in [0.5, 0.6) is 0 Å². The van der Waals surface area contributed by atoms with Crippen molar-refractivity contribution >= 4 is 17.3 Å². The first-order valence-electron chi connectivity index (χ1n) is 6.68. The van der Waals surface area contributed by atoms with E-state index in [1.165, 1.54) is 18.9 Å². The number of nitrogens with one attached hydrogen (secondary N) is 1. The van der Waals surface area contributed by atoms with E-state index in [1.54, 1.807) is 12.1 Å². The highest BCUT2D eigenvalue weighted by atomic mass is 16.4. The van der Waals surface area contributed by atoms with Crippen LogP contribution in [0.25, 0.3) is 0 Å². The van der Waals surface area contributed by atoms with E-state index in [4.69, 9.17) is 5.73 Å². The monoisotopic (exact) mass is 263 g/mol. The number of likely N-dealkylation sites (tertiary alicyclic amines) is 1. The smallest absolute Gasteiger partial charge is 0.337 e. The van der Waals surface area contributed by atoms with Crippen molar-refractivity contribution in [3.8, 4) is 0 Å². The van der Waals surface area contributed by atoms with E-state index in [9.17, 15) is 9.90 Å². The van der Waals surface area contributed by atoms with Gasteiger partial charge in [0.2, 0.25) is 0 Å². The van der Waals surface area contributed by atoms with Crippen LogP contribution in [0.3, 0.4) is 0 Å². The van der Waals surface area contributed by atoms with E-state index in [0.29, 0.717) is 11.4 Å². The number of hydrogen-bond acceptors (Lipinski definition) is 4. The van der Waals surface area contributed by atoms with Crippen molar-refractivity contribution in [1.29, 1.82) is 0 Å². The predicted octanol–water partition coefficient (Wildman–Crippen LogP) is 1.86. The third-order valence-corrected chi connectivity index (χ3v) is 3.41. The van der Waals surface area contributed by atoms with Gasteiger partial charge < -0.3 is 21.1 Å². The van der Waals surface area contributed by atoms with Crippen LogP contribution in [0.4, 0.5) is 11.4 Å². The lowest BCUT2D eigenvalue weighted by atomic mass is 10.1. The number of nitrogen functional groups attached to an aromatic ring is 1. The first-order chi connectivity index (χ1) is 9.06. The van der Waals surface area contributed by atoms with Crippen molar-refractivity contribution in [3.63, 3.8) is 0 Å². The quantitative estimate of drug-likeness (QED) is 0.707. The summed E-state index contributed by atoms with van der Waals surface area (Å²) in [7, 11) is 0. The van der Waals surface area contributed by atoms with E-state index in [1.807, 2.05) is 0 Å². The molecule has 0 saturated carbocycles. The highest BCUT2D eigenvalue weighted by molar-refractivity contribution is 5.95. The van der Waals surface area contributed by atoms with Gasteiger partial charge in [0.25, 0.3) is 0 Å². The molecule has 5 nitrogen and oxygen atoms in total. The van der Waals surface area contributed by atoms with Gasteiger partial charge in [-0.1, -0.05) is 0 Å². The first kappa shape index (κ1) is 13.7. The fourth-order valence-corrected chi connectivity index (χ4v) is 2.53. The fraction of sp³-hybridized carbons (Fsp3) is 0.500. The average Bonchev–Trinajstić information content (AvgIpc) is 2.83. The average molecular weight is 263 g/mol. The molecule has 2 rings (SSSR count). The van der Waals surface area contributed by atoms with Crippen LogP contribution in [0.15, 0.2) is 18.2 Å². The molecular weight excluding hydrogens is 242 g/mol. The molecule has 1 fully saturated rings. The Labute approximate surface area is 113 Å². The van der Waals surface area contributed by atoms with Crippen LogP contribution in [0.2, 0.25) is 0 Å². The molecule has 1 aliphatic rings. The van der Waals surface area contributed by atoms with E-state index in [0.717, 1.165) is 19.6 Å². The van der Waals surface area contributed by atoms with Gasteiger partial charge in [-0.15, -0.1) is 0 Å². The molecule has 1 aromatic carbocycles. The topological polar surface area (TPSA) is 78.6 Å². The van der Waals surface area contributed by atoms with Gasteiger partial charge in [0.1, 0.15) is 0 Å². The van der Waals surface area contributed by atoms with Crippen LogP contribution >= 0.6 is 0 Å². The minimum atomic E-state index is -0.955. The van der Waals surface area contributed by atoms with Gasteiger partial charge >= 0.3 is 5.97 Å². The maximum Gasteiger partial charge on any atom is 0.337 e.